The number of rotatable bonds is 0. The van der Waals surface area contributed by atoms with Crippen LogP contribution in [0, 0.1) is 0 Å². The largest absolute Gasteiger partial charge is 0.342 e. The van der Waals surface area contributed by atoms with Gasteiger partial charge in [-0.3, -0.25) is 4.89 Å². The summed E-state index contributed by atoms with van der Waals surface area (Å²) in [6, 6.07) is 0. The Hall–Kier alpha value is -0.650. The molecule has 24 heavy (non-hydrogen) atoms. The molecule has 0 N–H and O–H groups in total. The highest BCUT2D eigenvalue weighted by Crippen LogP contribution is 2.31. The fourth-order valence-corrected chi connectivity index (χ4v) is 3.43. The van der Waals surface area contributed by atoms with Crippen LogP contribution < -0.4 is 0 Å². The van der Waals surface area contributed by atoms with Gasteiger partial charge in [-0.25, -0.2) is 9.68 Å². The maximum Gasteiger partial charge on any atom is 0.342 e. The molecule has 0 radical (unpaired) electrons. The molecule has 2 fully saturated rings. The molecule has 0 aromatic rings. The van der Waals surface area contributed by atoms with E-state index in [4.69, 9.17) is 19.6 Å². The van der Waals surface area contributed by atoms with Gasteiger partial charge in [0.15, 0.2) is 0 Å². The lowest BCUT2D eigenvalue weighted by Crippen LogP contribution is -2.37. The Bertz CT molecular complexity index is 322. The first-order valence-electron chi connectivity index (χ1n) is 10.00. The minimum atomic E-state index is -0.936. The number of carbonyl (C=O) groups excluding carboxylic acids is 1. The fourth-order valence-electron chi connectivity index (χ4n) is 3.43. The van der Waals surface area contributed by atoms with E-state index in [9.17, 15) is 4.79 Å². The predicted octanol–water partition coefficient (Wildman–Crippen LogP) is 5.37. The minimum absolute atomic E-state index is 0.301. The van der Waals surface area contributed by atoms with Gasteiger partial charge in [0.1, 0.15) is 0 Å². The summed E-state index contributed by atoms with van der Waals surface area (Å²) >= 11 is 0. The van der Waals surface area contributed by atoms with Crippen LogP contribution in [0.15, 0.2) is 0 Å². The van der Waals surface area contributed by atoms with Crippen LogP contribution in [0.5, 0.6) is 0 Å². The van der Waals surface area contributed by atoms with Crippen molar-refractivity contribution in [3.05, 3.63) is 0 Å². The van der Waals surface area contributed by atoms with Gasteiger partial charge in [-0.15, -0.1) is 4.89 Å². The molecule has 1 saturated heterocycles. The standard InChI is InChI=1S/C19H34O5/c20-18-14-10-6-9-13-17-21-23-19(24-22-18)15-11-7-4-2-1-3-5-8-12-16-19/h1-17H2. The van der Waals surface area contributed by atoms with E-state index in [1.807, 2.05) is 0 Å². The fraction of sp³-hybridized carbons (Fsp3) is 0.947. The molecule has 0 aromatic carbocycles. The molecule has 1 saturated carbocycles. The van der Waals surface area contributed by atoms with Crippen molar-refractivity contribution in [2.45, 2.75) is 109 Å². The van der Waals surface area contributed by atoms with Crippen LogP contribution in [0.4, 0.5) is 0 Å². The van der Waals surface area contributed by atoms with Crippen molar-refractivity contribution >= 4 is 5.97 Å². The summed E-state index contributed by atoms with van der Waals surface area (Å²) < 4.78 is 0. The van der Waals surface area contributed by atoms with Crippen molar-refractivity contribution in [1.82, 2.24) is 0 Å². The summed E-state index contributed by atoms with van der Waals surface area (Å²) in [5.41, 5.74) is 0. The molecule has 5 nitrogen and oxygen atoms in total. The Labute approximate surface area is 146 Å². The van der Waals surface area contributed by atoms with Crippen LogP contribution in [0.1, 0.15) is 103 Å². The first-order valence-corrected chi connectivity index (χ1v) is 10.00. The molecule has 0 aromatic heterocycles. The zero-order valence-corrected chi connectivity index (χ0v) is 15.1. The summed E-state index contributed by atoms with van der Waals surface area (Å²) in [7, 11) is 0. The number of hydrogen-bond acceptors (Lipinski definition) is 5. The van der Waals surface area contributed by atoms with Crippen LogP contribution in [0.25, 0.3) is 0 Å². The zero-order valence-electron chi connectivity index (χ0n) is 15.1. The average molecular weight is 342 g/mol. The topological polar surface area (TPSA) is 54.0 Å². The van der Waals surface area contributed by atoms with Crippen LogP contribution in [0.2, 0.25) is 0 Å². The second-order valence-corrected chi connectivity index (χ2v) is 7.20. The molecule has 0 bridgehead atoms. The summed E-state index contributed by atoms with van der Waals surface area (Å²) in [5.74, 6) is -1.24. The Morgan fingerprint density at radius 2 is 1.17 bits per heavy atom. The molecule has 2 rings (SSSR count). The maximum absolute atomic E-state index is 11.9. The molecular formula is C19H34O5. The zero-order chi connectivity index (χ0) is 16.9. The SMILES string of the molecule is O=C1CCCCCCOOC2(CCCCCCCCCCC2)OO1. The van der Waals surface area contributed by atoms with Gasteiger partial charge in [-0.2, -0.15) is 4.89 Å². The van der Waals surface area contributed by atoms with Crippen molar-refractivity contribution in [3.63, 3.8) is 0 Å². The molecule has 1 aliphatic heterocycles. The minimum Gasteiger partial charge on any atom is -0.295 e. The highest BCUT2D eigenvalue weighted by Gasteiger charge is 2.36. The van der Waals surface area contributed by atoms with Gasteiger partial charge in [-0.05, 0) is 25.7 Å². The van der Waals surface area contributed by atoms with Crippen molar-refractivity contribution in [2.24, 2.45) is 0 Å². The third kappa shape index (κ3) is 7.95. The second-order valence-electron chi connectivity index (χ2n) is 7.20. The van der Waals surface area contributed by atoms with Gasteiger partial charge in [0.25, 0.3) is 0 Å². The van der Waals surface area contributed by atoms with Crippen molar-refractivity contribution in [3.8, 4) is 0 Å². The Morgan fingerprint density at radius 1 is 0.625 bits per heavy atom. The molecule has 1 aliphatic carbocycles. The lowest BCUT2D eigenvalue weighted by molar-refractivity contribution is -0.501. The summed E-state index contributed by atoms with van der Waals surface area (Å²) in [6.07, 6.45) is 16.4. The third-order valence-corrected chi connectivity index (χ3v) is 4.97. The van der Waals surface area contributed by atoms with E-state index in [-0.39, 0.29) is 5.97 Å². The summed E-state index contributed by atoms with van der Waals surface area (Å²) in [4.78, 5) is 33.6. The van der Waals surface area contributed by atoms with Crippen molar-refractivity contribution in [2.75, 3.05) is 6.61 Å². The molecule has 0 unspecified atom stereocenters. The molecule has 140 valence electrons. The molecule has 0 atom stereocenters. The van der Waals surface area contributed by atoms with E-state index in [1.165, 1.54) is 32.1 Å². The van der Waals surface area contributed by atoms with Crippen LogP contribution in [-0.4, -0.2) is 18.4 Å². The van der Waals surface area contributed by atoms with Gasteiger partial charge >= 0.3 is 5.97 Å². The first-order chi connectivity index (χ1) is 11.8. The maximum atomic E-state index is 11.9. The van der Waals surface area contributed by atoms with Crippen molar-refractivity contribution in [1.29, 1.82) is 0 Å². The van der Waals surface area contributed by atoms with Crippen LogP contribution in [0.3, 0.4) is 0 Å². The van der Waals surface area contributed by atoms with Gasteiger partial charge < -0.3 is 0 Å². The number of hydrogen-bond donors (Lipinski definition) is 0. The summed E-state index contributed by atoms with van der Waals surface area (Å²) in [5, 5.41) is 0. The molecule has 0 amide bonds. The molecule has 1 heterocycles. The molecule has 1 spiro atoms. The second kappa shape index (κ2) is 11.8. The van der Waals surface area contributed by atoms with Crippen LogP contribution >= 0.6 is 0 Å². The van der Waals surface area contributed by atoms with Gasteiger partial charge in [0, 0.05) is 19.3 Å². The monoisotopic (exact) mass is 342 g/mol. The van der Waals surface area contributed by atoms with Gasteiger partial charge in [-0.1, -0.05) is 57.8 Å². The normalized spacial score (nSPS) is 26.2. The van der Waals surface area contributed by atoms with E-state index in [0.29, 0.717) is 25.9 Å². The average Bonchev–Trinajstić information content (AvgIpc) is 2.57. The lowest BCUT2D eigenvalue weighted by atomic mass is 9.97. The smallest absolute Gasteiger partial charge is 0.295 e. The van der Waals surface area contributed by atoms with Crippen LogP contribution in [-0.2, 0) is 24.3 Å². The highest BCUT2D eigenvalue weighted by molar-refractivity contribution is 5.68. The van der Waals surface area contributed by atoms with E-state index >= 15 is 0 Å². The molecular weight excluding hydrogens is 308 g/mol. The highest BCUT2D eigenvalue weighted by atomic mass is 17.3. The molecule has 5 heteroatoms. The van der Waals surface area contributed by atoms with E-state index in [0.717, 1.165) is 51.4 Å². The lowest BCUT2D eigenvalue weighted by Gasteiger charge is -2.30. The Kier molecular flexibility index (Phi) is 9.69. The quantitative estimate of drug-likeness (QED) is 0.554. The van der Waals surface area contributed by atoms with Gasteiger partial charge in [0.05, 0.1) is 6.61 Å². The molecule has 2 aliphatic rings. The number of carbonyl (C=O) groups is 1. The first kappa shape index (κ1) is 19.7. The van der Waals surface area contributed by atoms with E-state index in [1.54, 1.807) is 0 Å². The third-order valence-electron chi connectivity index (χ3n) is 4.97. The Morgan fingerprint density at radius 3 is 1.83 bits per heavy atom. The van der Waals surface area contributed by atoms with E-state index in [2.05, 4.69) is 0 Å². The summed E-state index contributed by atoms with van der Waals surface area (Å²) in [6.45, 7) is 0.569. The van der Waals surface area contributed by atoms with Crippen molar-refractivity contribution < 1.29 is 24.3 Å². The Balaban J connectivity index is 1.96. The van der Waals surface area contributed by atoms with Gasteiger partial charge in [0.2, 0.25) is 5.79 Å². The predicted molar refractivity (Wildman–Crippen MR) is 90.8 cm³/mol. The van der Waals surface area contributed by atoms with E-state index < -0.39 is 5.79 Å².